The largest absolute Gasteiger partial charge is 0.390 e. The molecule has 1 heterocycles. The van der Waals surface area contributed by atoms with Crippen molar-refractivity contribution < 1.29 is 9.84 Å². The van der Waals surface area contributed by atoms with Gasteiger partial charge in [-0.25, -0.2) is 0 Å². The Morgan fingerprint density at radius 1 is 1.17 bits per heavy atom. The molecule has 72 valence electrons. The predicted molar refractivity (Wildman–Crippen MR) is 49.0 cm³/mol. The number of rotatable bonds is 1. The highest BCUT2D eigenvalue weighted by Gasteiger charge is 2.37. The van der Waals surface area contributed by atoms with Crippen LogP contribution in [0.5, 0.6) is 0 Å². The zero-order chi connectivity index (χ0) is 9.30. The van der Waals surface area contributed by atoms with E-state index in [1.165, 1.54) is 0 Å². The number of aliphatic hydroxyl groups is 1. The molecule has 1 N–H and O–H groups in total. The second-order valence-corrected chi connectivity index (χ2v) is 4.00. The maximum atomic E-state index is 9.80. The molecule has 0 aromatic carbocycles. The summed E-state index contributed by atoms with van der Waals surface area (Å²) in [6, 6.07) is 0. The maximum Gasteiger partial charge on any atom is 0.0837 e. The molecule has 12 heavy (non-hydrogen) atoms. The highest BCUT2D eigenvalue weighted by Crippen LogP contribution is 2.31. The SMILES string of the molecule is CC[C@H]1OC(C)[C@H](C)[C@@H](C)[C@@H]1O. The molecule has 0 amide bonds. The van der Waals surface area contributed by atoms with E-state index in [4.69, 9.17) is 4.74 Å². The third-order valence-corrected chi connectivity index (χ3v) is 3.28. The number of ether oxygens (including phenoxy) is 1. The molecule has 0 spiro atoms. The van der Waals surface area contributed by atoms with Crippen molar-refractivity contribution in [2.24, 2.45) is 11.8 Å². The molecule has 1 aliphatic rings. The summed E-state index contributed by atoms with van der Waals surface area (Å²) >= 11 is 0. The Balaban J connectivity index is 2.63. The van der Waals surface area contributed by atoms with Crippen LogP contribution in [0.3, 0.4) is 0 Å². The molecular formula is C10H20O2. The Bertz CT molecular complexity index is 142. The van der Waals surface area contributed by atoms with Gasteiger partial charge in [-0.05, 0) is 25.2 Å². The normalized spacial score (nSPS) is 49.2. The summed E-state index contributed by atoms with van der Waals surface area (Å²) in [7, 11) is 0. The lowest BCUT2D eigenvalue weighted by Gasteiger charge is -2.41. The van der Waals surface area contributed by atoms with Crippen molar-refractivity contribution in [3.8, 4) is 0 Å². The molecule has 0 bridgehead atoms. The van der Waals surface area contributed by atoms with E-state index in [1.54, 1.807) is 0 Å². The van der Waals surface area contributed by atoms with E-state index in [1.807, 2.05) is 0 Å². The molecule has 0 saturated carbocycles. The third kappa shape index (κ3) is 1.64. The summed E-state index contributed by atoms with van der Waals surface area (Å²) < 4.78 is 5.68. The van der Waals surface area contributed by atoms with Crippen LogP contribution >= 0.6 is 0 Å². The highest BCUT2D eigenvalue weighted by molar-refractivity contribution is 4.85. The minimum Gasteiger partial charge on any atom is -0.390 e. The van der Waals surface area contributed by atoms with Gasteiger partial charge in [-0.1, -0.05) is 20.8 Å². The second-order valence-electron chi connectivity index (χ2n) is 4.00. The summed E-state index contributed by atoms with van der Waals surface area (Å²) in [4.78, 5) is 0. The fourth-order valence-electron chi connectivity index (χ4n) is 1.89. The molecular weight excluding hydrogens is 152 g/mol. The lowest BCUT2D eigenvalue weighted by Crippen LogP contribution is -2.47. The van der Waals surface area contributed by atoms with E-state index in [0.717, 1.165) is 6.42 Å². The van der Waals surface area contributed by atoms with Crippen LogP contribution in [-0.4, -0.2) is 23.4 Å². The molecule has 0 aromatic rings. The van der Waals surface area contributed by atoms with Crippen LogP contribution in [0.2, 0.25) is 0 Å². The number of hydrogen-bond acceptors (Lipinski definition) is 2. The summed E-state index contributed by atoms with van der Waals surface area (Å²) in [5.74, 6) is 0.821. The van der Waals surface area contributed by atoms with Gasteiger partial charge in [0.1, 0.15) is 0 Å². The lowest BCUT2D eigenvalue weighted by molar-refractivity contribution is -0.162. The van der Waals surface area contributed by atoms with E-state index >= 15 is 0 Å². The Morgan fingerprint density at radius 2 is 1.75 bits per heavy atom. The zero-order valence-corrected chi connectivity index (χ0v) is 8.45. The quantitative estimate of drug-likeness (QED) is 0.653. The van der Waals surface area contributed by atoms with Crippen molar-refractivity contribution in [2.45, 2.75) is 52.4 Å². The first kappa shape index (κ1) is 10.0. The number of aliphatic hydroxyl groups excluding tert-OH is 1. The summed E-state index contributed by atoms with van der Waals surface area (Å²) in [6.07, 6.45) is 0.962. The van der Waals surface area contributed by atoms with Crippen molar-refractivity contribution in [1.82, 2.24) is 0 Å². The van der Waals surface area contributed by atoms with E-state index in [2.05, 4.69) is 27.7 Å². The topological polar surface area (TPSA) is 29.5 Å². The van der Waals surface area contributed by atoms with Gasteiger partial charge in [-0.3, -0.25) is 0 Å². The van der Waals surface area contributed by atoms with Gasteiger partial charge in [0, 0.05) is 0 Å². The molecule has 0 aliphatic carbocycles. The Morgan fingerprint density at radius 3 is 2.25 bits per heavy atom. The van der Waals surface area contributed by atoms with Crippen LogP contribution in [0.25, 0.3) is 0 Å². The molecule has 0 radical (unpaired) electrons. The lowest BCUT2D eigenvalue weighted by atomic mass is 9.81. The van der Waals surface area contributed by atoms with Gasteiger partial charge in [0.2, 0.25) is 0 Å². The average Bonchev–Trinajstić information content (AvgIpc) is 2.08. The Kier molecular flexibility index (Phi) is 3.13. The van der Waals surface area contributed by atoms with E-state index in [9.17, 15) is 5.11 Å². The highest BCUT2D eigenvalue weighted by atomic mass is 16.5. The smallest absolute Gasteiger partial charge is 0.0837 e. The first-order chi connectivity index (χ1) is 5.57. The number of hydrogen-bond donors (Lipinski definition) is 1. The minimum atomic E-state index is -0.277. The molecule has 1 unspecified atom stereocenters. The summed E-state index contributed by atoms with van der Waals surface area (Å²) in [5.41, 5.74) is 0. The fraction of sp³-hybridized carbons (Fsp3) is 1.00. The van der Waals surface area contributed by atoms with Crippen molar-refractivity contribution in [3.63, 3.8) is 0 Å². The molecule has 1 fully saturated rings. The predicted octanol–water partition coefficient (Wildman–Crippen LogP) is 1.82. The van der Waals surface area contributed by atoms with Crippen LogP contribution < -0.4 is 0 Å². The van der Waals surface area contributed by atoms with Crippen LogP contribution in [-0.2, 0) is 4.74 Å². The van der Waals surface area contributed by atoms with Crippen molar-refractivity contribution in [2.75, 3.05) is 0 Å². The molecule has 5 atom stereocenters. The molecule has 1 saturated heterocycles. The maximum absolute atomic E-state index is 9.80. The van der Waals surface area contributed by atoms with Crippen LogP contribution in [0.1, 0.15) is 34.1 Å². The standard InChI is InChI=1S/C10H20O2/c1-5-9-10(11)7(3)6(2)8(4)12-9/h6-11H,5H2,1-4H3/t6-,7-,8?,9-,10+/m1/s1. The van der Waals surface area contributed by atoms with Gasteiger partial charge in [-0.2, -0.15) is 0 Å². The molecule has 2 heteroatoms. The van der Waals surface area contributed by atoms with Crippen LogP contribution in [0.15, 0.2) is 0 Å². The van der Waals surface area contributed by atoms with E-state index < -0.39 is 0 Å². The van der Waals surface area contributed by atoms with Gasteiger partial charge in [-0.15, -0.1) is 0 Å². The molecule has 2 nitrogen and oxygen atoms in total. The molecule has 1 aliphatic heterocycles. The molecule has 0 aromatic heterocycles. The van der Waals surface area contributed by atoms with Gasteiger partial charge in [0.05, 0.1) is 18.3 Å². The fourth-order valence-corrected chi connectivity index (χ4v) is 1.89. The van der Waals surface area contributed by atoms with Crippen molar-refractivity contribution in [1.29, 1.82) is 0 Å². The molecule has 1 rings (SSSR count). The van der Waals surface area contributed by atoms with Gasteiger partial charge < -0.3 is 9.84 Å². The summed E-state index contributed by atoms with van der Waals surface area (Å²) in [5, 5.41) is 9.80. The second kappa shape index (κ2) is 3.75. The Hall–Kier alpha value is -0.0800. The average molecular weight is 172 g/mol. The van der Waals surface area contributed by atoms with E-state index in [-0.39, 0.29) is 18.3 Å². The zero-order valence-electron chi connectivity index (χ0n) is 8.45. The van der Waals surface area contributed by atoms with E-state index in [0.29, 0.717) is 11.8 Å². The van der Waals surface area contributed by atoms with Gasteiger partial charge in [0.15, 0.2) is 0 Å². The monoisotopic (exact) mass is 172 g/mol. The minimum absolute atomic E-state index is 0.0474. The van der Waals surface area contributed by atoms with Crippen LogP contribution in [0, 0.1) is 11.8 Å². The van der Waals surface area contributed by atoms with Crippen molar-refractivity contribution >= 4 is 0 Å². The Labute approximate surface area is 74.9 Å². The van der Waals surface area contributed by atoms with Gasteiger partial charge in [0.25, 0.3) is 0 Å². The first-order valence-corrected chi connectivity index (χ1v) is 4.91. The van der Waals surface area contributed by atoms with Crippen LogP contribution in [0.4, 0.5) is 0 Å². The first-order valence-electron chi connectivity index (χ1n) is 4.91. The van der Waals surface area contributed by atoms with Crippen molar-refractivity contribution in [3.05, 3.63) is 0 Å². The third-order valence-electron chi connectivity index (χ3n) is 3.28. The van der Waals surface area contributed by atoms with Gasteiger partial charge >= 0.3 is 0 Å². The summed E-state index contributed by atoms with van der Waals surface area (Å²) in [6.45, 7) is 8.40.